The van der Waals surface area contributed by atoms with Gasteiger partial charge in [-0.05, 0) is 19.1 Å². The van der Waals surface area contributed by atoms with Gasteiger partial charge < -0.3 is 15.4 Å². The topological polar surface area (TPSA) is 79.5 Å². The minimum Gasteiger partial charge on any atom is -0.433 e. The van der Waals surface area contributed by atoms with Gasteiger partial charge in [-0.15, -0.1) is 0 Å². The Balaban J connectivity index is 2.74. The molecule has 1 aromatic carbocycles. The van der Waals surface area contributed by atoms with Gasteiger partial charge in [0.25, 0.3) is 0 Å². The SMILES string of the molecule is CNC(=O)NC(=O)C(C)Nc1ccc(Cl)c(OC(F)F)c1. The van der Waals surface area contributed by atoms with Crippen molar-refractivity contribution in [2.75, 3.05) is 12.4 Å². The minimum absolute atomic E-state index is 0.0170. The van der Waals surface area contributed by atoms with Crippen LogP contribution in [0.3, 0.4) is 0 Å². The lowest BCUT2D eigenvalue weighted by Crippen LogP contribution is -2.44. The number of anilines is 1. The summed E-state index contributed by atoms with van der Waals surface area (Å²) >= 11 is 5.71. The van der Waals surface area contributed by atoms with Crippen molar-refractivity contribution in [1.82, 2.24) is 10.6 Å². The van der Waals surface area contributed by atoms with Crippen LogP contribution in [-0.4, -0.2) is 31.6 Å². The number of benzene rings is 1. The van der Waals surface area contributed by atoms with Gasteiger partial charge >= 0.3 is 12.6 Å². The van der Waals surface area contributed by atoms with Gasteiger partial charge in [0, 0.05) is 18.8 Å². The summed E-state index contributed by atoms with van der Waals surface area (Å²) in [5.74, 6) is -0.795. The molecular formula is C12H14ClF2N3O3. The van der Waals surface area contributed by atoms with E-state index >= 15 is 0 Å². The highest BCUT2D eigenvalue weighted by Crippen LogP contribution is 2.29. The first-order valence-electron chi connectivity index (χ1n) is 5.87. The number of halogens is 3. The van der Waals surface area contributed by atoms with Gasteiger partial charge in [0.1, 0.15) is 11.8 Å². The molecule has 0 bridgehead atoms. The second-order valence-corrected chi connectivity index (χ2v) is 4.37. The predicted molar refractivity (Wildman–Crippen MR) is 73.8 cm³/mol. The third-order valence-corrected chi connectivity index (χ3v) is 2.70. The molecule has 1 aromatic rings. The van der Waals surface area contributed by atoms with Gasteiger partial charge in [-0.3, -0.25) is 10.1 Å². The molecule has 1 unspecified atom stereocenters. The van der Waals surface area contributed by atoms with Gasteiger partial charge in [-0.2, -0.15) is 8.78 Å². The summed E-state index contributed by atoms with van der Waals surface area (Å²) in [6.07, 6.45) is 0. The third-order valence-electron chi connectivity index (χ3n) is 2.39. The number of carbonyl (C=O) groups excluding carboxylic acids is 2. The van der Waals surface area contributed by atoms with Crippen molar-refractivity contribution in [2.24, 2.45) is 0 Å². The van der Waals surface area contributed by atoms with Crippen molar-refractivity contribution >= 4 is 29.2 Å². The van der Waals surface area contributed by atoms with Gasteiger partial charge in [-0.1, -0.05) is 11.6 Å². The highest BCUT2D eigenvalue weighted by Gasteiger charge is 2.16. The lowest BCUT2D eigenvalue weighted by molar-refractivity contribution is -0.120. The fourth-order valence-corrected chi connectivity index (χ4v) is 1.54. The smallest absolute Gasteiger partial charge is 0.387 e. The summed E-state index contributed by atoms with van der Waals surface area (Å²) in [6.45, 7) is -1.51. The zero-order valence-electron chi connectivity index (χ0n) is 11.2. The van der Waals surface area contributed by atoms with E-state index < -0.39 is 24.6 Å². The number of ether oxygens (including phenoxy) is 1. The average molecular weight is 322 g/mol. The van der Waals surface area contributed by atoms with E-state index in [4.69, 9.17) is 11.6 Å². The molecule has 0 saturated heterocycles. The Morgan fingerprint density at radius 3 is 2.57 bits per heavy atom. The van der Waals surface area contributed by atoms with E-state index in [9.17, 15) is 18.4 Å². The van der Waals surface area contributed by atoms with Crippen molar-refractivity contribution < 1.29 is 23.1 Å². The van der Waals surface area contributed by atoms with Gasteiger partial charge in [0.15, 0.2) is 0 Å². The summed E-state index contributed by atoms with van der Waals surface area (Å²) in [7, 11) is 1.37. The lowest BCUT2D eigenvalue weighted by atomic mass is 10.2. The molecule has 0 aromatic heterocycles. The molecule has 0 aliphatic rings. The lowest BCUT2D eigenvalue weighted by Gasteiger charge is -2.16. The van der Waals surface area contributed by atoms with Crippen molar-refractivity contribution in [1.29, 1.82) is 0 Å². The van der Waals surface area contributed by atoms with E-state index in [1.165, 1.54) is 32.2 Å². The van der Waals surface area contributed by atoms with Crippen LogP contribution in [0.1, 0.15) is 6.92 Å². The molecule has 3 amide bonds. The molecule has 0 spiro atoms. The van der Waals surface area contributed by atoms with Crippen LogP contribution in [0.15, 0.2) is 18.2 Å². The average Bonchev–Trinajstić information content (AvgIpc) is 2.41. The summed E-state index contributed by atoms with van der Waals surface area (Å²) in [5, 5.41) is 7.07. The van der Waals surface area contributed by atoms with Crippen LogP contribution in [0.5, 0.6) is 5.75 Å². The highest BCUT2D eigenvalue weighted by atomic mass is 35.5. The number of hydrogen-bond acceptors (Lipinski definition) is 4. The maximum atomic E-state index is 12.2. The van der Waals surface area contributed by atoms with E-state index in [1.807, 2.05) is 0 Å². The van der Waals surface area contributed by atoms with Crippen LogP contribution in [0.25, 0.3) is 0 Å². The monoisotopic (exact) mass is 321 g/mol. The number of imide groups is 1. The van der Waals surface area contributed by atoms with Crippen LogP contribution in [0.4, 0.5) is 19.3 Å². The highest BCUT2D eigenvalue weighted by molar-refractivity contribution is 6.32. The minimum atomic E-state index is -3.01. The number of urea groups is 1. The second kappa shape index (κ2) is 7.63. The number of alkyl halides is 2. The molecule has 116 valence electrons. The van der Waals surface area contributed by atoms with Crippen molar-refractivity contribution in [3.8, 4) is 5.75 Å². The molecule has 1 atom stereocenters. The molecule has 0 heterocycles. The molecule has 0 fully saturated rings. The zero-order chi connectivity index (χ0) is 16.0. The Labute approximate surface area is 124 Å². The number of rotatable bonds is 5. The summed E-state index contributed by atoms with van der Waals surface area (Å²) in [6, 6.07) is 2.65. The maximum absolute atomic E-state index is 12.2. The molecule has 0 aliphatic heterocycles. The fraction of sp³-hybridized carbons (Fsp3) is 0.333. The maximum Gasteiger partial charge on any atom is 0.387 e. The van der Waals surface area contributed by atoms with E-state index in [0.717, 1.165) is 0 Å². The summed E-state index contributed by atoms with van der Waals surface area (Å²) in [4.78, 5) is 22.6. The van der Waals surface area contributed by atoms with Crippen LogP contribution in [0.2, 0.25) is 5.02 Å². The molecule has 21 heavy (non-hydrogen) atoms. The molecule has 0 aliphatic carbocycles. The predicted octanol–water partition coefficient (Wildman–Crippen LogP) is 2.20. The van der Waals surface area contributed by atoms with Gasteiger partial charge in [-0.25, -0.2) is 4.79 Å². The Morgan fingerprint density at radius 2 is 2.00 bits per heavy atom. The van der Waals surface area contributed by atoms with Gasteiger partial charge in [0.05, 0.1) is 5.02 Å². The largest absolute Gasteiger partial charge is 0.433 e. The number of amides is 3. The molecule has 9 heteroatoms. The van der Waals surface area contributed by atoms with Crippen LogP contribution < -0.4 is 20.7 Å². The van der Waals surface area contributed by atoms with E-state index in [1.54, 1.807) is 0 Å². The molecule has 0 radical (unpaired) electrons. The third kappa shape index (κ3) is 5.42. The molecule has 0 saturated carbocycles. The van der Waals surface area contributed by atoms with Crippen LogP contribution >= 0.6 is 11.6 Å². The molecular weight excluding hydrogens is 308 g/mol. The number of carbonyl (C=O) groups is 2. The second-order valence-electron chi connectivity index (χ2n) is 3.96. The Kier molecular flexibility index (Phi) is 6.16. The van der Waals surface area contributed by atoms with E-state index in [2.05, 4.69) is 20.7 Å². The van der Waals surface area contributed by atoms with Crippen LogP contribution in [0, 0.1) is 0 Å². The fourth-order valence-electron chi connectivity index (χ4n) is 1.38. The summed E-state index contributed by atoms with van der Waals surface area (Å²) in [5.41, 5.74) is 0.342. The Hall–Kier alpha value is -2.09. The Morgan fingerprint density at radius 1 is 1.33 bits per heavy atom. The van der Waals surface area contributed by atoms with Gasteiger partial charge in [0.2, 0.25) is 5.91 Å². The zero-order valence-corrected chi connectivity index (χ0v) is 12.0. The normalized spacial score (nSPS) is 11.7. The number of nitrogens with one attached hydrogen (secondary N) is 3. The van der Waals surface area contributed by atoms with Crippen molar-refractivity contribution in [3.63, 3.8) is 0 Å². The van der Waals surface area contributed by atoms with Crippen LogP contribution in [-0.2, 0) is 4.79 Å². The Bertz CT molecular complexity index is 528. The van der Waals surface area contributed by atoms with E-state index in [0.29, 0.717) is 5.69 Å². The van der Waals surface area contributed by atoms with Crippen molar-refractivity contribution in [2.45, 2.75) is 19.6 Å². The molecule has 6 nitrogen and oxygen atoms in total. The van der Waals surface area contributed by atoms with Crippen molar-refractivity contribution in [3.05, 3.63) is 23.2 Å². The van der Waals surface area contributed by atoms with E-state index in [-0.39, 0.29) is 10.8 Å². The first-order valence-corrected chi connectivity index (χ1v) is 6.24. The molecule has 3 N–H and O–H groups in total. The quantitative estimate of drug-likeness (QED) is 0.777. The standard InChI is InChI=1S/C12H14ClF2N3O3/c1-6(10(19)18-12(20)16-2)17-7-3-4-8(13)9(5-7)21-11(14)15/h3-6,11,17H,1-2H3,(H2,16,18,19,20). The molecule has 1 rings (SSSR count). The first-order chi connectivity index (χ1) is 9.83. The first kappa shape index (κ1) is 17.0. The summed E-state index contributed by atoms with van der Waals surface area (Å²) < 4.78 is 28.6. The number of hydrogen-bond donors (Lipinski definition) is 3.